The summed E-state index contributed by atoms with van der Waals surface area (Å²) < 4.78 is 24.9. The van der Waals surface area contributed by atoms with E-state index in [1.807, 2.05) is 0 Å². The fourth-order valence-electron chi connectivity index (χ4n) is 3.96. The SMILES string of the molecule is CCC(CC)(CNC(=NC)NCC1CCN(S(C)(=O)=O)CC1)c1ccccc1.I. The van der Waals surface area contributed by atoms with Crippen LogP contribution >= 0.6 is 24.0 Å². The number of hydrogen-bond donors (Lipinski definition) is 2. The van der Waals surface area contributed by atoms with Crippen molar-refractivity contribution in [2.75, 3.05) is 39.5 Å². The molecule has 0 saturated carbocycles. The van der Waals surface area contributed by atoms with Gasteiger partial charge >= 0.3 is 0 Å². The van der Waals surface area contributed by atoms with E-state index in [4.69, 9.17) is 0 Å². The molecule has 6 nitrogen and oxygen atoms in total. The summed E-state index contributed by atoms with van der Waals surface area (Å²) in [5.41, 5.74) is 1.44. The molecular formula is C21H37IN4O2S. The third kappa shape index (κ3) is 7.40. The molecule has 29 heavy (non-hydrogen) atoms. The summed E-state index contributed by atoms with van der Waals surface area (Å²) in [6.45, 7) is 7.35. The highest BCUT2D eigenvalue weighted by molar-refractivity contribution is 14.0. The molecule has 1 saturated heterocycles. The number of guanidine groups is 1. The van der Waals surface area contributed by atoms with Gasteiger partial charge in [-0.15, -0.1) is 24.0 Å². The molecule has 1 aliphatic heterocycles. The molecule has 0 radical (unpaired) electrons. The van der Waals surface area contributed by atoms with Gasteiger partial charge in [0.15, 0.2) is 5.96 Å². The molecule has 0 amide bonds. The van der Waals surface area contributed by atoms with Gasteiger partial charge in [0.05, 0.1) is 6.26 Å². The number of rotatable bonds is 8. The lowest BCUT2D eigenvalue weighted by Gasteiger charge is -2.34. The summed E-state index contributed by atoms with van der Waals surface area (Å²) in [7, 11) is -1.27. The van der Waals surface area contributed by atoms with Gasteiger partial charge in [0.25, 0.3) is 0 Å². The van der Waals surface area contributed by atoms with Gasteiger partial charge in [-0.25, -0.2) is 12.7 Å². The van der Waals surface area contributed by atoms with Crippen LogP contribution in [-0.2, 0) is 15.4 Å². The molecular weight excluding hydrogens is 499 g/mol. The van der Waals surface area contributed by atoms with E-state index in [-0.39, 0.29) is 29.4 Å². The van der Waals surface area contributed by atoms with Gasteiger partial charge in [0.2, 0.25) is 10.0 Å². The number of benzene rings is 1. The van der Waals surface area contributed by atoms with Crippen LogP contribution in [0.5, 0.6) is 0 Å². The first-order valence-corrected chi connectivity index (χ1v) is 12.1. The van der Waals surface area contributed by atoms with Gasteiger partial charge in [-0.3, -0.25) is 4.99 Å². The highest BCUT2D eigenvalue weighted by Gasteiger charge is 2.29. The average Bonchev–Trinajstić information content (AvgIpc) is 2.71. The van der Waals surface area contributed by atoms with Gasteiger partial charge < -0.3 is 10.6 Å². The molecule has 2 N–H and O–H groups in total. The maximum Gasteiger partial charge on any atom is 0.211 e. The van der Waals surface area contributed by atoms with Gasteiger partial charge in [0, 0.05) is 38.6 Å². The van der Waals surface area contributed by atoms with E-state index in [0.29, 0.717) is 19.0 Å². The number of nitrogens with zero attached hydrogens (tertiary/aromatic N) is 2. The average molecular weight is 537 g/mol. The molecule has 0 atom stereocenters. The molecule has 1 aromatic carbocycles. The Hall–Kier alpha value is -0.870. The lowest BCUT2D eigenvalue weighted by atomic mass is 9.76. The second-order valence-electron chi connectivity index (χ2n) is 7.77. The van der Waals surface area contributed by atoms with Crippen molar-refractivity contribution in [1.82, 2.24) is 14.9 Å². The zero-order chi connectivity index (χ0) is 20.6. The fraction of sp³-hybridized carbons (Fsp3) is 0.667. The van der Waals surface area contributed by atoms with Crippen LogP contribution in [0.1, 0.15) is 45.1 Å². The first-order valence-electron chi connectivity index (χ1n) is 10.3. The molecule has 0 bridgehead atoms. The quantitative estimate of drug-likeness (QED) is 0.304. The molecule has 1 fully saturated rings. The van der Waals surface area contributed by atoms with E-state index in [2.05, 4.69) is 59.8 Å². The van der Waals surface area contributed by atoms with Crippen molar-refractivity contribution in [3.8, 4) is 0 Å². The van der Waals surface area contributed by atoms with Crippen molar-refractivity contribution >= 4 is 40.0 Å². The van der Waals surface area contributed by atoms with E-state index in [1.54, 1.807) is 11.4 Å². The Morgan fingerprint density at radius 3 is 2.21 bits per heavy atom. The van der Waals surface area contributed by atoms with Gasteiger partial charge in [-0.1, -0.05) is 44.2 Å². The number of piperidine rings is 1. The van der Waals surface area contributed by atoms with Crippen molar-refractivity contribution in [3.05, 3.63) is 35.9 Å². The summed E-state index contributed by atoms with van der Waals surface area (Å²) in [5.74, 6) is 1.28. The first-order chi connectivity index (χ1) is 13.3. The molecule has 1 aliphatic rings. The van der Waals surface area contributed by atoms with Gasteiger partial charge in [-0.2, -0.15) is 0 Å². The number of nitrogens with one attached hydrogen (secondary N) is 2. The van der Waals surface area contributed by atoms with Crippen molar-refractivity contribution in [1.29, 1.82) is 0 Å². The van der Waals surface area contributed by atoms with E-state index < -0.39 is 10.0 Å². The normalized spacial score (nSPS) is 16.9. The minimum Gasteiger partial charge on any atom is -0.356 e. The molecule has 0 unspecified atom stereocenters. The number of sulfonamides is 1. The molecule has 2 rings (SSSR count). The minimum absolute atomic E-state index is 0. The second-order valence-corrected chi connectivity index (χ2v) is 9.75. The smallest absolute Gasteiger partial charge is 0.211 e. The zero-order valence-electron chi connectivity index (χ0n) is 18.1. The van der Waals surface area contributed by atoms with Gasteiger partial charge in [0.1, 0.15) is 0 Å². The lowest BCUT2D eigenvalue weighted by Crippen LogP contribution is -2.47. The largest absolute Gasteiger partial charge is 0.356 e. The maximum atomic E-state index is 11.6. The molecule has 8 heteroatoms. The van der Waals surface area contributed by atoms with E-state index in [1.165, 1.54) is 11.8 Å². The fourth-order valence-corrected chi connectivity index (χ4v) is 4.84. The van der Waals surface area contributed by atoms with Crippen LogP contribution in [0.3, 0.4) is 0 Å². The third-order valence-electron chi connectivity index (χ3n) is 6.16. The highest BCUT2D eigenvalue weighted by Crippen LogP contribution is 2.30. The Bertz CT molecular complexity index is 728. The second kappa shape index (κ2) is 12.1. The van der Waals surface area contributed by atoms with Crippen molar-refractivity contribution in [3.63, 3.8) is 0 Å². The summed E-state index contributed by atoms with van der Waals surface area (Å²) in [6.07, 6.45) is 5.17. The summed E-state index contributed by atoms with van der Waals surface area (Å²) >= 11 is 0. The molecule has 1 aromatic rings. The summed E-state index contributed by atoms with van der Waals surface area (Å²) in [6, 6.07) is 10.7. The minimum atomic E-state index is -3.07. The Kier molecular flexibility index (Phi) is 10.9. The molecule has 1 heterocycles. The number of halogens is 1. The predicted molar refractivity (Wildman–Crippen MR) is 133 cm³/mol. The molecule has 166 valence electrons. The standard InChI is InChI=1S/C21H36N4O2S.HI/c1-5-21(6-2,19-10-8-7-9-11-19)17-24-20(22-3)23-16-18-12-14-25(15-13-18)28(4,26)27;/h7-11,18H,5-6,12-17H2,1-4H3,(H2,22,23,24);1H. The highest BCUT2D eigenvalue weighted by atomic mass is 127. The van der Waals surface area contributed by atoms with Gasteiger partial charge in [-0.05, 0) is 37.2 Å². The molecule has 0 aliphatic carbocycles. The van der Waals surface area contributed by atoms with Crippen LogP contribution < -0.4 is 10.6 Å². The lowest BCUT2D eigenvalue weighted by molar-refractivity contribution is 0.274. The van der Waals surface area contributed by atoms with Crippen molar-refractivity contribution in [2.24, 2.45) is 10.9 Å². The Morgan fingerprint density at radius 1 is 1.14 bits per heavy atom. The van der Waals surface area contributed by atoms with Crippen molar-refractivity contribution in [2.45, 2.75) is 44.9 Å². The van der Waals surface area contributed by atoms with Crippen LogP contribution in [0.4, 0.5) is 0 Å². The van der Waals surface area contributed by atoms with E-state index in [9.17, 15) is 8.42 Å². The summed E-state index contributed by atoms with van der Waals surface area (Å²) in [5, 5.41) is 6.95. The Balaban J connectivity index is 0.00000420. The summed E-state index contributed by atoms with van der Waals surface area (Å²) in [4.78, 5) is 4.38. The third-order valence-corrected chi connectivity index (χ3v) is 7.46. The Labute approximate surface area is 194 Å². The van der Waals surface area contributed by atoms with Crippen LogP contribution in [0.15, 0.2) is 35.3 Å². The topological polar surface area (TPSA) is 73.8 Å². The van der Waals surface area contributed by atoms with Crippen molar-refractivity contribution < 1.29 is 8.42 Å². The van der Waals surface area contributed by atoms with Crippen LogP contribution in [0, 0.1) is 5.92 Å². The monoisotopic (exact) mass is 536 g/mol. The molecule has 0 aromatic heterocycles. The molecule has 0 spiro atoms. The number of aliphatic imine (C=N–C) groups is 1. The van der Waals surface area contributed by atoms with Crippen LogP contribution in [0.2, 0.25) is 0 Å². The number of hydrogen-bond acceptors (Lipinski definition) is 3. The van der Waals surface area contributed by atoms with E-state index in [0.717, 1.165) is 44.7 Å². The zero-order valence-corrected chi connectivity index (χ0v) is 21.3. The maximum absolute atomic E-state index is 11.6. The first kappa shape index (κ1) is 26.2. The van der Waals surface area contributed by atoms with E-state index >= 15 is 0 Å². The van der Waals surface area contributed by atoms with Crippen LogP contribution in [0.25, 0.3) is 0 Å². The Morgan fingerprint density at radius 2 is 1.72 bits per heavy atom. The predicted octanol–water partition coefficient (Wildman–Crippen LogP) is 3.20. The van der Waals surface area contributed by atoms with Crippen LogP contribution in [-0.4, -0.2) is 58.2 Å².